The average Bonchev–Trinajstić information content (AvgIpc) is 3.27. The van der Waals surface area contributed by atoms with Gasteiger partial charge in [-0.2, -0.15) is 0 Å². The van der Waals surface area contributed by atoms with Crippen molar-refractivity contribution in [2.45, 2.75) is 38.8 Å². The first-order valence-electron chi connectivity index (χ1n) is 9.19. The van der Waals surface area contributed by atoms with E-state index < -0.39 is 0 Å². The summed E-state index contributed by atoms with van der Waals surface area (Å²) in [7, 11) is 0. The smallest absolute Gasteiger partial charge is 0.113 e. The summed E-state index contributed by atoms with van der Waals surface area (Å²) < 4.78 is 2.97. The molecule has 0 bridgehead atoms. The van der Waals surface area contributed by atoms with E-state index in [1.165, 1.54) is 30.5 Å². The van der Waals surface area contributed by atoms with E-state index in [1.807, 2.05) is 23.0 Å². The van der Waals surface area contributed by atoms with Gasteiger partial charge in [-0.05, 0) is 48.6 Å². The lowest BCUT2D eigenvalue weighted by molar-refractivity contribution is 0.556. The monoisotopic (exact) mass is 410 g/mol. The highest BCUT2D eigenvalue weighted by Crippen LogP contribution is 2.29. The van der Waals surface area contributed by atoms with Gasteiger partial charge in [0.15, 0.2) is 0 Å². The zero-order valence-electron chi connectivity index (χ0n) is 14.9. The fraction of sp³-hybridized carbons (Fsp3) is 0.333. The molecule has 0 aliphatic heterocycles. The van der Waals surface area contributed by atoms with Gasteiger partial charge >= 0.3 is 0 Å². The van der Waals surface area contributed by atoms with Crippen molar-refractivity contribution in [2.24, 2.45) is 5.92 Å². The van der Waals surface area contributed by atoms with Crippen LogP contribution in [0.25, 0.3) is 11.3 Å². The van der Waals surface area contributed by atoms with E-state index in [1.54, 1.807) is 0 Å². The minimum Gasteiger partial charge on any atom is -0.382 e. The van der Waals surface area contributed by atoms with Crippen molar-refractivity contribution in [1.29, 1.82) is 0 Å². The Balaban J connectivity index is 1.48. The maximum Gasteiger partial charge on any atom is 0.113 e. The highest BCUT2D eigenvalue weighted by Gasteiger charge is 2.22. The molecule has 4 rings (SSSR count). The highest BCUT2D eigenvalue weighted by molar-refractivity contribution is 9.10. The zero-order valence-corrected chi connectivity index (χ0v) is 16.5. The Morgan fingerprint density at radius 2 is 2.00 bits per heavy atom. The molecule has 1 fully saturated rings. The number of rotatable bonds is 5. The maximum absolute atomic E-state index is 4.36. The van der Waals surface area contributed by atoms with Crippen molar-refractivity contribution in [1.82, 2.24) is 15.0 Å². The summed E-state index contributed by atoms with van der Waals surface area (Å²) in [5, 5.41) is 12.3. The summed E-state index contributed by atoms with van der Waals surface area (Å²) in [6.07, 6.45) is 5.92. The van der Waals surface area contributed by atoms with Crippen LogP contribution in [0, 0.1) is 5.92 Å². The Morgan fingerprint density at radius 1 is 1.15 bits per heavy atom. The van der Waals surface area contributed by atoms with Crippen LogP contribution in [0.3, 0.4) is 0 Å². The van der Waals surface area contributed by atoms with Crippen LogP contribution in [-0.4, -0.2) is 21.0 Å². The predicted molar refractivity (Wildman–Crippen MR) is 109 cm³/mol. The Morgan fingerprint density at radius 3 is 2.77 bits per heavy atom. The van der Waals surface area contributed by atoms with Crippen molar-refractivity contribution in [3.05, 3.63) is 64.8 Å². The third kappa shape index (κ3) is 3.98. The van der Waals surface area contributed by atoms with E-state index in [9.17, 15) is 0 Å². The number of nitrogens with one attached hydrogen (secondary N) is 1. The highest BCUT2D eigenvalue weighted by atomic mass is 79.9. The van der Waals surface area contributed by atoms with Crippen LogP contribution in [0.5, 0.6) is 0 Å². The van der Waals surface area contributed by atoms with E-state index >= 15 is 0 Å². The number of hydrogen-bond donors (Lipinski definition) is 1. The predicted octanol–water partition coefficient (Wildman–Crippen LogP) is 5.36. The molecule has 5 heteroatoms. The van der Waals surface area contributed by atoms with Gasteiger partial charge in [0, 0.05) is 21.8 Å². The van der Waals surface area contributed by atoms with Gasteiger partial charge in [0.25, 0.3) is 0 Å². The molecular weight excluding hydrogens is 388 g/mol. The molecular formula is C21H23BrN4. The molecule has 26 heavy (non-hydrogen) atoms. The second kappa shape index (κ2) is 7.62. The lowest BCUT2D eigenvalue weighted by atomic mass is 10.1. The van der Waals surface area contributed by atoms with Gasteiger partial charge in [0.2, 0.25) is 0 Å². The standard InChI is InChI=1S/C21H23BrN4/c1-15-4-2-7-20(15)23-19-6-3-5-17(12-19)21-14-26(25-24-21)13-16-8-10-18(22)11-9-16/h3,5-6,8-12,14-15,20,23H,2,4,7,13H2,1H3. The summed E-state index contributed by atoms with van der Waals surface area (Å²) in [6, 6.07) is 17.4. The van der Waals surface area contributed by atoms with Gasteiger partial charge in [-0.3, -0.25) is 0 Å². The molecule has 3 aromatic rings. The van der Waals surface area contributed by atoms with Crippen LogP contribution in [-0.2, 0) is 6.54 Å². The van der Waals surface area contributed by atoms with E-state index in [0.29, 0.717) is 6.04 Å². The molecule has 2 atom stereocenters. The molecule has 134 valence electrons. The van der Waals surface area contributed by atoms with E-state index in [-0.39, 0.29) is 0 Å². The first kappa shape index (κ1) is 17.3. The second-order valence-electron chi connectivity index (χ2n) is 7.17. The zero-order chi connectivity index (χ0) is 17.9. The number of nitrogens with zero attached hydrogens (tertiary/aromatic N) is 3. The first-order valence-corrected chi connectivity index (χ1v) is 9.98. The number of hydrogen-bond acceptors (Lipinski definition) is 3. The lowest BCUT2D eigenvalue weighted by Crippen LogP contribution is -2.21. The van der Waals surface area contributed by atoms with E-state index in [2.05, 4.69) is 74.9 Å². The van der Waals surface area contributed by atoms with Gasteiger partial charge < -0.3 is 5.32 Å². The minimum atomic E-state index is 0.582. The Kier molecular flexibility index (Phi) is 5.07. The summed E-state index contributed by atoms with van der Waals surface area (Å²) in [4.78, 5) is 0. The average molecular weight is 411 g/mol. The number of benzene rings is 2. The van der Waals surface area contributed by atoms with Crippen molar-refractivity contribution < 1.29 is 0 Å². The summed E-state index contributed by atoms with van der Waals surface area (Å²) in [6.45, 7) is 3.06. The number of aromatic nitrogens is 3. The van der Waals surface area contributed by atoms with Crippen molar-refractivity contribution in [2.75, 3.05) is 5.32 Å². The van der Waals surface area contributed by atoms with Gasteiger partial charge in [-0.1, -0.05) is 58.8 Å². The summed E-state index contributed by atoms with van der Waals surface area (Å²) >= 11 is 3.47. The Bertz CT molecular complexity index is 872. The van der Waals surface area contributed by atoms with Crippen LogP contribution in [0.1, 0.15) is 31.7 Å². The molecule has 0 saturated heterocycles. The molecule has 1 aliphatic rings. The van der Waals surface area contributed by atoms with Crippen LogP contribution < -0.4 is 5.32 Å². The molecule has 0 radical (unpaired) electrons. The maximum atomic E-state index is 4.36. The lowest BCUT2D eigenvalue weighted by Gasteiger charge is -2.19. The minimum absolute atomic E-state index is 0.582. The van der Waals surface area contributed by atoms with Crippen molar-refractivity contribution in [3.63, 3.8) is 0 Å². The normalized spacial score (nSPS) is 19.6. The molecule has 2 unspecified atom stereocenters. The molecule has 1 aromatic heterocycles. The Hall–Kier alpha value is -2.14. The molecule has 2 aromatic carbocycles. The van der Waals surface area contributed by atoms with Gasteiger partial charge in [-0.15, -0.1) is 5.10 Å². The molecule has 1 N–H and O–H groups in total. The summed E-state index contributed by atoms with van der Waals surface area (Å²) in [5.74, 6) is 0.741. The molecule has 1 heterocycles. The quantitative estimate of drug-likeness (QED) is 0.615. The fourth-order valence-electron chi connectivity index (χ4n) is 3.63. The van der Waals surface area contributed by atoms with Crippen LogP contribution in [0.2, 0.25) is 0 Å². The molecule has 0 spiro atoms. The topological polar surface area (TPSA) is 42.7 Å². The third-order valence-corrected chi connectivity index (χ3v) is 5.70. The largest absolute Gasteiger partial charge is 0.382 e. The SMILES string of the molecule is CC1CCCC1Nc1cccc(-c2cn(Cc3ccc(Br)cc3)nn2)c1. The molecule has 4 nitrogen and oxygen atoms in total. The van der Waals surface area contributed by atoms with Gasteiger partial charge in [0.05, 0.1) is 12.7 Å². The van der Waals surface area contributed by atoms with Crippen molar-refractivity contribution in [3.8, 4) is 11.3 Å². The summed E-state index contributed by atoms with van der Waals surface area (Å²) in [5.41, 5.74) is 4.38. The van der Waals surface area contributed by atoms with Crippen LogP contribution in [0.15, 0.2) is 59.2 Å². The first-order chi connectivity index (χ1) is 12.7. The van der Waals surface area contributed by atoms with Crippen molar-refractivity contribution >= 4 is 21.6 Å². The fourth-order valence-corrected chi connectivity index (χ4v) is 3.89. The van der Waals surface area contributed by atoms with Crippen LogP contribution in [0.4, 0.5) is 5.69 Å². The van der Waals surface area contributed by atoms with Crippen LogP contribution >= 0.6 is 15.9 Å². The Labute approximate surface area is 162 Å². The number of halogens is 1. The molecule has 1 aliphatic carbocycles. The van der Waals surface area contributed by atoms with E-state index in [0.717, 1.165) is 28.2 Å². The second-order valence-corrected chi connectivity index (χ2v) is 8.08. The number of anilines is 1. The van der Waals surface area contributed by atoms with E-state index in [4.69, 9.17) is 0 Å². The molecule has 0 amide bonds. The van der Waals surface area contributed by atoms with Gasteiger partial charge in [0.1, 0.15) is 5.69 Å². The third-order valence-electron chi connectivity index (χ3n) is 5.17. The van der Waals surface area contributed by atoms with Gasteiger partial charge in [-0.25, -0.2) is 4.68 Å². The molecule has 1 saturated carbocycles.